The molecule has 0 atom stereocenters. The van der Waals surface area contributed by atoms with Gasteiger partial charge in [-0.25, -0.2) is 4.39 Å². The van der Waals surface area contributed by atoms with E-state index in [1.807, 2.05) is 6.92 Å². The Labute approximate surface area is 183 Å². The zero-order valence-electron chi connectivity index (χ0n) is 16.7. The lowest BCUT2D eigenvalue weighted by atomic mass is 10.2. The normalized spacial score (nSPS) is 10.3. The standard InChI is InChI=1S/C23H20ClFN2O4/c1-2-30-19-10-8-18(9-11-19)27-23(29)15-3-6-17(7-4-15)26-22(28)14-31-21-12-5-16(25)13-20(21)24/h3-13H,2,14H2,1H3,(H,26,28)(H,27,29). The maximum atomic E-state index is 13.0. The van der Waals surface area contributed by atoms with E-state index in [4.69, 9.17) is 21.1 Å². The molecule has 0 heterocycles. The second-order valence-corrected chi connectivity index (χ2v) is 6.81. The first-order chi connectivity index (χ1) is 14.9. The van der Waals surface area contributed by atoms with E-state index in [0.29, 0.717) is 23.5 Å². The van der Waals surface area contributed by atoms with Crippen molar-refractivity contribution in [2.75, 3.05) is 23.8 Å². The molecule has 0 aliphatic rings. The molecule has 0 bridgehead atoms. The van der Waals surface area contributed by atoms with Crippen molar-refractivity contribution in [1.82, 2.24) is 0 Å². The molecule has 0 aromatic heterocycles. The molecule has 3 aromatic rings. The quantitative estimate of drug-likeness (QED) is 0.506. The Kier molecular flexibility index (Phi) is 7.45. The summed E-state index contributed by atoms with van der Waals surface area (Å²) in [5.41, 5.74) is 1.57. The van der Waals surface area contributed by atoms with E-state index < -0.39 is 11.7 Å². The molecule has 0 radical (unpaired) electrons. The SMILES string of the molecule is CCOc1ccc(NC(=O)c2ccc(NC(=O)COc3ccc(F)cc3Cl)cc2)cc1. The van der Waals surface area contributed by atoms with Gasteiger partial charge in [-0.3, -0.25) is 9.59 Å². The van der Waals surface area contributed by atoms with Crippen LogP contribution in [0.15, 0.2) is 66.7 Å². The van der Waals surface area contributed by atoms with Gasteiger partial charge < -0.3 is 20.1 Å². The van der Waals surface area contributed by atoms with Crippen LogP contribution in [0.2, 0.25) is 5.02 Å². The van der Waals surface area contributed by atoms with Crippen LogP contribution in [-0.4, -0.2) is 25.0 Å². The predicted octanol–water partition coefficient (Wildman–Crippen LogP) is 5.15. The minimum Gasteiger partial charge on any atom is -0.494 e. The molecule has 0 saturated carbocycles. The van der Waals surface area contributed by atoms with Gasteiger partial charge in [0.1, 0.15) is 17.3 Å². The third kappa shape index (κ3) is 6.45. The van der Waals surface area contributed by atoms with Crippen molar-refractivity contribution in [3.8, 4) is 11.5 Å². The summed E-state index contributed by atoms with van der Waals surface area (Å²) in [7, 11) is 0. The van der Waals surface area contributed by atoms with Crippen molar-refractivity contribution in [2.24, 2.45) is 0 Å². The Hall–Kier alpha value is -3.58. The van der Waals surface area contributed by atoms with Crippen molar-refractivity contribution >= 4 is 34.8 Å². The molecule has 0 aliphatic heterocycles. The molecule has 0 fully saturated rings. The molecule has 31 heavy (non-hydrogen) atoms. The molecular weight excluding hydrogens is 423 g/mol. The smallest absolute Gasteiger partial charge is 0.262 e. The Morgan fingerprint density at radius 2 is 1.55 bits per heavy atom. The third-order valence-electron chi connectivity index (χ3n) is 4.11. The Balaban J connectivity index is 1.51. The largest absolute Gasteiger partial charge is 0.494 e. The molecular formula is C23H20ClFN2O4. The molecule has 0 spiro atoms. The summed E-state index contributed by atoms with van der Waals surface area (Å²) in [5, 5.41) is 5.52. The van der Waals surface area contributed by atoms with Gasteiger partial charge in [-0.15, -0.1) is 0 Å². The number of amides is 2. The first kappa shape index (κ1) is 22.1. The van der Waals surface area contributed by atoms with Crippen LogP contribution in [0.1, 0.15) is 17.3 Å². The highest BCUT2D eigenvalue weighted by molar-refractivity contribution is 6.32. The number of carbonyl (C=O) groups is 2. The van der Waals surface area contributed by atoms with Crippen molar-refractivity contribution in [3.63, 3.8) is 0 Å². The number of benzene rings is 3. The van der Waals surface area contributed by atoms with E-state index in [0.717, 1.165) is 11.8 Å². The maximum absolute atomic E-state index is 13.0. The summed E-state index contributed by atoms with van der Waals surface area (Å²) < 4.78 is 23.7. The van der Waals surface area contributed by atoms with Crippen LogP contribution in [0.5, 0.6) is 11.5 Å². The van der Waals surface area contributed by atoms with Crippen molar-refractivity contribution < 1.29 is 23.5 Å². The Bertz CT molecular complexity index is 1060. The topological polar surface area (TPSA) is 76.7 Å². The summed E-state index contributed by atoms with van der Waals surface area (Å²) >= 11 is 5.86. The van der Waals surface area contributed by atoms with Crippen LogP contribution in [-0.2, 0) is 4.79 Å². The van der Waals surface area contributed by atoms with Crippen LogP contribution in [0.3, 0.4) is 0 Å². The van der Waals surface area contributed by atoms with Gasteiger partial charge in [0.15, 0.2) is 6.61 Å². The molecule has 3 rings (SSSR count). The second kappa shape index (κ2) is 10.4. The number of nitrogens with one attached hydrogen (secondary N) is 2. The number of hydrogen-bond donors (Lipinski definition) is 2. The fourth-order valence-corrected chi connectivity index (χ4v) is 2.86. The van der Waals surface area contributed by atoms with Crippen LogP contribution in [0.25, 0.3) is 0 Å². The maximum Gasteiger partial charge on any atom is 0.262 e. The van der Waals surface area contributed by atoms with E-state index in [2.05, 4.69) is 10.6 Å². The minimum absolute atomic E-state index is 0.0793. The summed E-state index contributed by atoms with van der Waals surface area (Å²) in [6, 6.07) is 17.1. The summed E-state index contributed by atoms with van der Waals surface area (Å²) in [6.07, 6.45) is 0. The number of carbonyl (C=O) groups excluding carboxylic acids is 2. The van der Waals surface area contributed by atoms with Crippen molar-refractivity contribution in [3.05, 3.63) is 83.1 Å². The van der Waals surface area contributed by atoms with Crippen LogP contribution < -0.4 is 20.1 Å². The van der Waals surface area contributed by atoms with Gasteiger partial charge in [0.25, 0.3) is 11.8 Å². The summed E-state index contributed by atoms with van der Waals surface area (Å²) in [6.45, 7) is 2.17. The molecule has 160 valence electrons. The van der Waals surface area contributed by atoms with E-state index >= 15 is 0 Å². The second-order valence-electron chi connectivity index (χ2n) is 6.40. The van der Waals surface area contributed by atoms with E-state index in [1.165, 1.54) is 12.1 Å². The lowest BCUT2D eigenvalue weighted by Crippen LogP contribution is -2.20. The molecule has 0 aliphatic carbocycles. The first-order valence-electron chi connectivity index (χ1n) is 9.46. The average Bonchev–Trinajstić information content (AvgIpc) is 2.75. The molecule has 3 aromatic carbocycles. The number of hydrogen-bond acceptors (Lipinski definition) is 4. The van der Waals surface area contributed by atoms with Gasteiger partial charge >= 0.3 is 0 Å². The van der Waals surface area contributed by atoms with Crippen LogP contribution in [0, 0.1) is 5.82 Å². The van der Waals surface area contributed by atoms with Crippen molar-refractivity contribution in [1.29, 1.82) is 0 Å². The van der Waals surface area contributed by atoms with E-state index in [9.17, 15) is 14.0 Å². The predicted molar refractivity (Wildman–Crippen MR) is 118 cm³/mol. The highest BCUT2D eigenvalue weighted by Gasteiger charge is 2.09. The number of halogens is 2. The summed E-state index contributed by atoms with van der Waals surface area (Å²) in [4.78, 5) is 24.4. The Morgan fingerprint density at radius 1 is 0.903 bits per heavy atom. The molecule has 6 nitrogen and oxygen atoms in total. The van der Waals surface area contributed by atoms with E-state index in [1.54, 1.807) is 48.5 Å². The fourth-order valence-electron chi connectivity index (χ4n) is 2.64. The lowest BCUT2D eigenvalue weighted by molar-refractivity contribution is -0.118. The highest BCUT2D eigenvalue weighted by atomic mass is 35.5. The van der Waals surface area contributed by atoms with Gasteiger partial charge in [0, 0.05) is 16.9 Å². The van der Waals surface area contributed by atoms with Crippen LogP contribution in [0.4, 0.5) is 15.8 Å². The van der Waals surface area contributed by atoms with Gasteiger partial charge in [0.2, 0.25) is 0 Å². The monoisotopic (exact) mass is 442 g/mol. The summed E-state index contributed by atoms with van der Waals surface area (Å²) in [5.74, 6) is -0.262. The first-order valence-corrected chi connectivity index (χ1v) is 9.84. The minimum atomic E-state index is -0.492. The zero-order valence-corrected chi connectivity index (χ0v) is 17.4. The number of rotatable bonds is 8. The van der Waals surface area contributed by atoms with Crippen molar-refractivity contribution in [2.45, 2.75) is 6.92 Å². The molecule has 8 heteroatoms. The fraction of sp³-hybridized carbons (Fsp3) is 0.130. The van der Waals surface area contributed by atoms with Gasteiger partial charge in [-0.05, 0) is 73.7 Å². The molecule has 0 unspecified atom stereocenters. The third-order valence-corrected chi connectivity index (χ3v) is 4.40. The molecule has 2 amide bonds. The van der Waals surface area contributed by atoms with Crippen LogP contribution >= 0.6 is 11.6 Å². The Morgan fingerprint density at radius 3 is 2.19 bits per heavy atom. The van der Waals surface area contributed by atoms with Gasteiger partial charge in [0.05, 0.1) is 11.6 Å². The van der Waals surface area contributed by atoms with Gasteiger partial charge in [-0.2, -0.15) is 0 Å². The van der Waals surface area contributed by atoms with E-state index in [-0.39, 0.29) is 23.3 Å². The number of anilines is 2. The highest BCUT2D eigenvalue weighted by Crippen LogP contribution is 2.24. The lowest BCUT2D eigenvalue weighted by Gasteiger charge is -2.10. The zero-order chi connectivity index (χ0) is 22.2. The average molecular weight is 443 g/mol. The molecule has 2 N–H and O–H groups in total. The molecule has 0 saturated heterocycles. The number of ether oxygens (including phenoxy) is 2. The van der Waals surface area contributed by atoms with Gasteiger partial charge in [-0.1, -0.05) is 11.6 Å².